The number of benzene rings is 1. The number of hydrogen-bond acceptors (Lipinski definition) is 3. The monoisotopic (exact) mass is 345 g/mol. The van der Waals surface area contributed by atoms with Gasteiger partial charge in [0.05, 0.1) is 0 Å². The van der Waals surface area contributed by atoms with Gasteiger partial charge < -0.3 is 16.0 Å². The lowest BCUT2D eigenvalue weighted by Gasteiger charge is -2.24. The zero-order valence-corrected chi connectivity index (χ0v) is 15.4. The minimum absolute atomic E-state index is 0.0875. The van der Waals surface area contributed by atoms with Crippen LogP contribution in [0, 0.1) is 11.8 Å². The van der Waals surface area contributed by atoms with Crippen LogP contribution >= 0.6 is 0 Å². The molecule has 2 amide bonds. The first kappa shape index (κ1) is 19.4. The molecule has 5 nitrogen and oxygen atoms in total. The second-order valence-electron chi connectivity index (χ2n) is 7.30. The Balaban J connectivity index is 1.91. The Morgan fingerprint density at radius 2 is 2.00 bits per heavy atom. The van der Waals surface area contributed by atoms with E-state index in [0.717, 1.165) is 25.1 Å². The molecule has 2 atom stereocenters. The Morgan fingerprint density at radius 3 is 2.64 bits per heavy atom. The van der Waals surface area contributed by atoms with Crippen LogP contribution in [0.2, 0.25) is 0 Å². The van der Waals surface area contributed by atoms with Crippen molar-refractivity contribution >= 4 is 11.8 Å². The summed E-state index contributed by atoms with van der Waals surface area (Å²) in [5.41, 5.74) is 0.816. The number of carbonyl (C=O) groups excluding carboxylic acids is 2. The molecule has 1 aliphatic heterocycles. The largest absolute Gasteiger partial charge is 0.354 e. The fourth-order valence-electron chi connectivity index (χ4n) is 3.21. The Morgan fingerprint density at radius 1 is 1.24 bits per heavy atom. The van der Waals surface area contributed by atoms with Crippen molar-refractivity contribution in [2.45, 2.75) is 45.6 Å². The number of carbonyl (C=O) groups is 2. The van der Waals surface area contributed by atoms with E-state index in [0.29, 0.717) is 18.9 Å². The molecule has 1 saturated heterocycles. The first-order valence-corrected chi connectivity index (χ1v) is 9.39. The van der Waals surface area contributed by atoms with Gasteiger partial charge in [-0.05, 0) is 49.8 Å². The van der Waals surface area contributed by atoms with Gasteiger partial charge in [-0.15, -0.1) is 0 Å². The van der Waals surface area contributed by atoms with Gasteiger partial charge in [0.2, 0.25) is 11.8 Å². The summed E-state index contributed by atoms with van der Waals surface area (Å²) in [7, 11) is 0. The summed E-state index contributed by atoms with van der Waals surface area (Å²) in [5.74, 6) is 0.667. The van der Waals surface area contributed by atoms with Gasteiger partial charge in [0.15, 0.2) is 0 Å². The van der Waals surface area contributed by atoms with Gasteiger partial charge in [-0.25, -0.2) is 0 Å². The zero-order valence-electron chi connectivity index (χ0n) is 15.4. The average Bonchev–Trinajstić information content (AvgIpc) is 2.60. The van der Waals surface area contributed by atoms with E-state index >= 15 is 0 Å². The first-order chi connectivity index (χ1) is 12.1. The number of rotatable bonds is 8. The van der Waals surface area contributed by atoms with Crippen molar-refractivity contribution in [3.63, 3.8) is 0 Å². The summed E-state index contributed by atoms with van der Waals surface area (Å²) >= 11 is 0. The van der Waals surface area contributed by atoms with Gasteiger partial charge >= 0.3 is 0 Å². The molecule has 1 aliphatic rings. The zero-order chi connectivity index (χ0) is 18.1. The number of amides is 2. The standard InChI is InChI=1S/C20H31N3O2/c1-15(2)13-18(24)23-19(17-8-4-3-5-9-17)20(25)22-12-10-16-7-6-11-21-14-16/h3-5,8-9,15-16,19,21H,6-7,10-14H2,1-2H3,(H,22,25)(H,23,24). The van der Waals surface area contributed by atoms with Crippen LogP contribution in [0.4, 0.5) is 0 Å². The maximum absolute atomic E-state index is 12.7. The lowest BCUT2D eigenvalue weighted by molar-refractivity contribution is -0.129. The van der Waals surface area contributed by atoms with Crippen LogP contribution in [0.25, 0.3) is 0 Å². The van der Waals surface area contributed by atoms with Crippen LogP contribution in [-0.2, 0) is 9.59 Å². The Kier molecular flexibility index (Phi) is 7.92. The van der Waals surface area contributed by atoms with Gasteiger partial charge in [0.1, 0.15) is 6.04 Å². The highest BCUT2D eigenvalue weighted by atomic mass is 16.2. The van der Waals surface area contributed by atoms with E-state index in [1.807, 2.05) is 44.2 Å². The lowest BCUT2D eigenvalue weighted by Crippen LogP contribution is -2.41. The normalized spacial score (nSPS) is 18.6. The van der Waals surface area contributed by atoms with Crippen molar-refractivity contribution in [2.24, 2.45) is 11.8 Å². The number of piperidine rings is 1. The average molecular weight is 345 g/mol. The van der Waals surface area contributed by atoms with E-state index in [4.69, 9.17) is 0 Å². The van der Waals surface area contributed by atoms with Crippen LogP contribution in [0.5, 0.6) is 0 Å². The number of hydrogen-bond donors (Lipinski definition) is 3. The predicted molar refractivity (Wildman–Crippen MR) is 100 cm³/mol. The third-order valence-corrected chi connectivity index (χ3v) is 4.54. The van der Waals surface area contributed by atoms with E-state index in [1.165, 1.54) is 12.8 Å². The molecular formula is C20H31N3O2. The summed E-state index contributed by atoms with van der Waals surface area (Å²) in [4.78, 5) is 24.8. The van der Waals surface area contributed by atoms with E-state index < -0.39 is 6.04 Å². The van der Waals surface area contributed by atoms with Gasteiger partial charge in [0.25, 0.3) is 0 Å². The van der Waals surface area contributed by atoms with Crippen LogP contribution < -0.4 is 16.0 Å². The van der Waals surface area contributed by atoms with Gasteiger partial charge in [0, 0.05) is 13.0 Å². The van der Waals surface area contributed by atoms with Gasteiger partial charge in [-0.2, -0.15) is 0 Å². The fraction of sp³-hybridized carbons (Fsp3) is 0.600. The van der Waals surface area contributed by atoms with Crippen LogP contribution in [0.1, 0.15) is 51.1 Å². The van der Waals surface area contributed by atoms with Crippen molar-refractivity contribution in [2.75, 3.05) is 19.6 Å². The molecule has 1 aromatic carbocycles. The van der Waals surface area contributed by atoms with Crippen molar-refractivity contribution in [3.8, 4) is 0 Å². The maximum atomic E-state index is 12.7. The molecule has 1 heterocycles. The third kappa shape index (κ3) is 6.86. The molecule has 0 radical (unpaired) electrons. The molecule has 0 aliphatic carbocycles. The Labute approximate surface area is 151 Å². The van der Waals surface area contributed by atoms with Crippen molar-refractivity contribution < 1.29 is 9.59 Å². The molecule has 1 fully saturated rings. The van der Waals surface area contributed by atoms with Crippen LogP contribution in [-0.4, -0.2) is 31.4 Å². The second kappa shape index (κ2) is 10.2. The van der Waals surface area contributed by atoms with Gasteiger partial charge in [-0.1, -0.05) is 44.2 Å². The third-order valence-electron chi connectivity index (χ3n) is 4.54. The molecule has 138 valence electrons. The molecule has 0 saturated carbocycles. The van der Waals surface area contributed by atoms with Crippen molar-refractivity contribution in [1.82, 2.24) is 16.0 Å². The fourth-order valence-corrected chi connectivity index (χ4v) is 3.21. The molecular weight excluding hydrogens is 314 g/mol. The highest BCUT2D eigenvalue weighted by Gasteiger charge is 2.23. The van der Waals surface area contributed by atoms with Crippen molar-refractivity contribution in [1.29, 1.82) is 0 Å². The highest BCUT2D eigenvalue weighted by molar-refractivity contribution is 5.88. The topological polar surface area (TPSA) is 70.2 Å². The minimum atomic E-state index is -0.628. The van der Waals surface area contributed by atoms with E-state index in [-0.39, 0.29) is 17.7 Å². The smallest absolute Gasteiger partial charge is 0.247 e. The predicted octanol–water partition coefficient (Wildman–Crippen LogP) is 2.40. The van der Waals surface area contributed by atoms with Crippen LogP contribution in [0.15, 0.2) is 30.3 Å². The minimum Gasteiger partial charge on any atom is -0.354 e. The number of nitrogens with one attached hydrogen (secondary N) is 3. The molecule has 0 bridgehead atoms. The first-order valence-electron chi connectivity index (χ1n) is 9.39. The molecule has 1 aromatic rings. The second-order valence-corrected chi connectivity index (χ2v) is 7.30. The van der Waals surface area contributed by atoms with E-state index in [9.17, 15) is 9.59 Å². The van der Waals surface area contributed by atoms with Crippen LogP contribution in [0.3, 0.4) is 0 Å². The molecule has 2 unspecified atom stereocenters. The molecule has 0 spiro atoms. The van der Waals surface area contributed by atoms with Crippen molar-refractivity contribution in [3.05, 3.63) is 35.9 Å². The molecule has 0 aromatic heterocycles. The summed E-state index contributed by atoms with van der Waals surface area (Å²) in [6, 6.07) is 8.81. The van der Waals surface area contributed by atoms with Gasteiger partial charge in [-0.3, -0.25) is 9.59 Å². The summed E-state index contributed by atoms with van der Waals surface area (Å²) in [6.07, 6.45) is 3.82. The quantitative estimate of drug-likeness (QED) is 0.677. The molecule has 5 heteroatoms. The van der Waals surface area contributed by atoms with E-state index in [2.05, 4.69) is 16.0 Å². The molecule has 25 heavy (non-hydrogen) atoms. The Bertz CT molecular complexity index is 539. The van der Waals surface area contributed by atoms with E-state index in [1.54, 1.807) is 0 Å². The Hall–Kier alpha value is -1.88. The summed E-state index contributed by atoms with van der Waals surface area (Å²) in [5, 5.41) is 9.29. The molecule has 3 N–H and O–H groups in total. The SMILES string of the molecule is CC(C)CC(=O)NC(C(=O)NCCC1CCCNC1)c1ccccc1. The lowest BCUT2D eigenvalue weighted by atomic mass is 9.96. The maximum Gasteiger partial charge on any atom is 0.247 e. The molecule has 2 rings (SSSR count). The summed E-state index contributed by atoms with van der Waals surface area (Å²) in [6.45, 7) is 6.77. The highest BCUT2D eigenvalue weighted by Crippen LogP contribution is 2.15. The summed E-state index contributed by atoms with van der Waals surface area (Å²) < 4.78 is 0.